The second-order valence-electron chi connectivity index (χ2n) is 3.14. The fraction of sp³-hybridized carbons (Fsp3) is 0.750. The normalized spacial score (nSPS) is 9.85. The lowest BCUT2D eigenvalue weighted by Gasteiger charge is -2.06. The fourth-order valence-corrected chi connectivity index (χ4v) is 0.685. The number of aliphatic hydroxyl groups excluding tert-OH is 1. The van der Waals surface area contributed by atoms with Crippen LogP contribution in [-0.2, 0) is 4.79 Å². The van der Waals surface area contributed by atoms with Crippen LogP contribution in [0.1, 0.15) is 20.3 Å². The van der Waals surface area contributed by atoms with Crippen molar-refractivity contribution in [2.24, 2.45) is 5.92 Å². The van der Waals surface area contributed by atoms with Crippen LogP contribution < -0.4 is 10.6 Å². The van der Waals surface area contributed by atoms with Gasteiger partial charge in [0.05, 0.1) is 0 Å². The predicted molar refractivity (Wildman–Crippen MR) is 48.1 cm³/mol. The molecule has 0 rings (SSSR count). The number of carbonyl (C=O) groups is 2. The van der Waals surface area contributed by atoms with Gasteiger partial charge in [0.2, 0.25) is 0 Å². The van der Waals surface area contributed by atoms with E-state index >= 15 is 0 Å². The van der Waals surface area contributed by atoms with Crippen molar-refractivity contribution < 1.29 is 14.7 Å². The fourth-order valence-electron chi connectivity index (χ4n) is 0.685. The van der Waals surface area contributed by atoms with Crippen LogP contribution in [0.15, 0.2) is 0 Å². The summed E-state index contributed by atoms with van der Waals surface area (Å²) in [4.78, 5) is 21.3. The summed E-state index contributed by atoms with van der Waals surface area (Å²) in [6, 6.07) is -0.556. The zero-order valence-corrected chi connectivity index (χ0v) is 7.96. The van der Waals surface area contributed by atoms with E-state index in [4.69, 9.17) is 5.11 Å². The molecule has 5 nitrogen and oxygen atoms in total. The lowest BCUT2D eigenvalue weighted by molar-refractivity contribution is -0.122. The molecule has 0 unspecified atom stereocenters. The number of aliphatic hydroxyl groups is 1. The van der Waals surface area contributed by atoms with E-state index in [9.17, 15) is 9.59 Å². The molecule has 0 aromatic rings. The minimum Gasteiger partial charge on any atom is -0.387 e. The Labute approximate surface area is 77.5 Å². The first-order valence-corrected chi connectivity index (χ1v) is 4.24. The Bertz CT molecular complexity index is 180. The second-order valence-corrected chi connectivity index (χ2v) is 3.14. The Morgan fingerprint density at radius 3 is 2.46 bits per heavy atom. The number of rotatable bonds is 4. The standard InChI is InChI=1S/C8H16N2O3/c1-6(2)3-4-9-8(13)10-7(12)5-11/h6,11H,3-5H2,1-2H3,(H2,9,10,12,13). The second kappa shape index (κ2) is 6.42. The number of imide groups is 1. The third-order valence-electron chi connectivity index (χ3n) is 1.40. The van der Waals surface area contributed by atoms with E-state index in [0.29, 0.717) is 12.5 Å². The molecule has 0 saturated carbocycles. The van der Waals surface area contributed by atoms with Crippen LogP contribution in [0.5, 0.6) is 0 Å². The van der Waals surface area contributed by atoms with Crippen molar-refractivity contribution in [3.63, 3.8) is 0 Å². The van der Waals surface area contributed by atoms with Crippen LogP contribution in [0, 0.1) is 5.92 Å². The van der Waals surface area contributed by atoms with E-state index in [-0.39, 0.29) is 0 Å². The summed E-state index contributed by atoms with van der Waals surface area (Å²) in [5, 5.41) is 12.8. The molecule has 3 amide bonds. The van der Waals surface area contributed by atoms with E-state index in [1.54, 1.807) is 0 Å². The predicted octanol–water partition coefficient (Wildman–Crippen LogP) is -0.149. The largest absolute Gasteiger partial charge is 0.387 e. The molecule has 0 atom stereocenters. The van der Waals surface area contributed by atoms with E-state index in [0.717, 1.165) is 6.42 Å². The number of amides is 3. The first-order valence-electron chi connectivity index (χ1n) is 4.24. The van der Waals surface area contributed by atoms with Crippen molar-refractivity contribution in [1.82, 2.24) is 10.6 Å². The summed E-state index contributed by atoms with van der Waals surface area (Å²) in [6.45, 7) is 3.94. The molecule has 0 aromatic heterocycles. The van der Waals surface area contributed by atoms with Crippen LogP contribution in [0.3, 0.4) is 0 Å². The van der Waals surface area contributed by atoms with Gasteiger partial charge < -0.3 is 10.4 Å². The molecule has 0 aliphatic rings. The molecule has 13 heavy (non-hydrogen) atoms. The van der Waals surface area contributed by atoms with Gasteiger partial charge in [-0.2, -0.15) is 0 Å². The van der Waals surface area contributed by atoms with E-state index in [2.05, 4.69) is 5.32 Å². The van der Waals surface area contributed by atoms with E-state index in [1.165, 1.54) is 0 Å². The first-order chi connectivity index (χ1) is 6.06. The molecule has 0 spiro atoms. The molecule has 0 heterocycles. The third-order valence-corrected chi connectivity index (χ3v) is 1.40. The molecule has 76 valence electrons. The highest BCUT2D eigenvalue weighted by atomic mass is 16.3. The Morgan fingerprint density at radius 2 is 2.00 bits per heavy atom. The summed E-state index contributed by atoms with van der Waals surface area (Å²) in [5.74, 6) is -0.184. The van der Waals surface area contributed by atoms with Crippen molar-refractivity contribution >= 4 is 11.9 Å². The molecule has 3 N–H and O–H groups in total. The quantitative estimate of drug-likeness (QED) is 0.574. The maximum atomic E-state index is 10.8. The van der Waals surface area contributed by atoms with Crippen LogP contribution in [0.2, 0.25) is 0 Å². The molecule has 0 radical (unpaired) electrons. The highest BCUT2D eigenvalue weighted by Crippen LogP contribution is 1.95. The average Bonchev–Trinajstić information content (AvgIpc) is 2.03. The maximum Gasteiger partial charge on any atom is 0.321 e. The van der Waals surface area contributed by atoms with Crippen LogP contribution in [0.25, 0.3) is 0 Å². The zero-order chi connectivity index (χ0) is 10.3. The van der Waals surface area contributed by atoms with Crippen LogP contribution in [-0.4, -0.2) is 30.2 Å². The van der Waals surface area contributed by atoms with Crippen molar-refractivity contribution in [2.45, 2.75) is 20.3 Å². The number of urea groups is 1. The number of hydrogen-bond donors (Lipinski definition) is 3. The molecular formula is C8H16N2O3. The summed E-state index contributed by atoms with van der Waals surface area (Å²) in [7, 11) is 0. The lowest BCUT2D eigenvalue weighted by Crippen LogP contribution is -2.41. The van der Waals surface area contributed by atoms with Gasteiger partial charge in [-0.05, 0) is 12.3 Å². The van der Waals surface area contributed by atoms with Crippen molar-refractivity contribution in [1.29, 1.82) is 0 Å². The maximum absolute atomic E-state index is 10.8. The first kappa shape index (κ1) is 11.9. The highest BCUT2D eigenvalue weighted by Gasteiger charge is 2.04. The van der Waals surface area contributed by atoms with Crippen molar-refractivity contribution in [2.75, 3.05) is 13.2 Å². The lowest BCUT2D eigenvalue weighted by atomic mass is 10.1. The molecular weight excluding hydrogens is 172 g/mol. The smallest absolute Gasteiger partial charge is 0.321 e. The summed E-state index contributed by atoms with van der Waals surface area (Å²) >= 11 is 0. The topological polar surface area (TPSA) is 78.4 Å². The Hall–Kier alpha value is -1.10. The molecule has 0 aliphatic heterocycles. The summed E-state index contributed by atoms with van der Waals surface area (Å²) in [5.41, 5.74) is 0. The Kier molecular flexibility index (Phi) is 5.88. The summed E-state index contributed by atoms with van der Waals surface area (Å²) < 4.78 is 0. The van der Waals surface area contributed by atoms with Crippen LogP contribution >= 0.6 is 0 Å². The summed E-state index contributed by atoms with van der Waals surface area (Å²) in [6.07, 6.45) is 0.862. The number of nitrogens with one attached hydrogen (secondary N) is 2. The van der Waals surface area contributed by atoms with Crippen molar-refractivity contribution in [3.8, 4) is 0 Å². The minimum absolute atomic E-state index is 0.508. The van der Waals surface area contributed by atoms with Gasteiger partial charge in [0, 0.05) is 6.54 Å². The molecule has 0 aromatic carbocycles. The van der Waals surface area contributed by atoms with Gasteiger partial charge in [-0.15, -0.1) is 0 Å². The zero-order valence-electron chi connectivity index (χ0n) is 7.96. The van der Waals surface area contributed by atoms with Gasteiger partial charge in [0.1, 0.15) is 6.61 Å². The Balaban J connectivity index is 3.46. The van der Waals surface area contributed by atoms with Gasteiger partial charge in [-0.3, -0.25) is 10.1 Å². The van der Waals surface area contributed by atoms with Gasteiger partial charge in [0.25, 0.3) is 5.91 Å². The molecule has 0 bridgehead atoms. The Morgan fingerprint density at radius 1 is 1.38 bits per heavy atom. The minimum atomic E-state index is -0.693. The molecule has 0 saturated heterocycles. The van der Waals surface area contributed by atoms with E-state index in [1.807, 2.05) is 19.2 Å². The van der Waals surface area contributed by atoms with Gasteiger partial charge in [-0.1, -0.05) is 13.8 Å². The van der Waals surface area contributed by atoms with E-state index < -0.39 is 18.5 Å². The van der Waals surface area contributed by atoms with Gasteiger partial charge in [0.15, 0.2) is 0 Å². The molecule has 0 fully saturated rings. The van der Waals surface area contributed by atoms with Gasteiger partial charge >= 0.3 is 6.03 Å². The van der Waals surface area contributed by atoms with Crippen LogP contribution in [0.4, 0.5) is 4.79 Å². The average molecular weight is 188 g/mol. The number of carbonyl (C=O) groups excluding carboxylic acids is 2. The SMILES string of the molecule is CC(C)CCNC(=O)NC(=O)CO. The van der Waals surface area contributed by atoms with Crippen molar-refractivity contribution in [3.05, 3.63) is 0 Å². The number of hydrogen-bond acceptors (Lipinski definition) is 3. The van der Waals surface area contributed by atoms with Gasteiger partial charge in [-0.25, -0.2) is 4.79 Å². The highest BCUT2D eigenvalue weighted by molar-refractivity contribution is 5.94. The molecule has 5 heteroatoms. The third kappa shape index (κ3) is 7.27. The monoisotopic (exact) mass is 188 g/mol. The molecule has 0 aliphatic carbocycles.